The van der Waals surface area contributed by atoms with Crippen LogP contribution in [0.25, 0.3) is 0 Å². The Kier molecular flexibility index (Phi) is 3.92. The van der Waals surface area contributed by atoms with Gasteiger partial charge in [-0.25, -0.2) is 9.18 Å². The number of ether oxygens (including phenoxy) is 1. The maximum absolute atomic E-state index is 13.4. The van der Waals surface area contributed by atoms with E-state index >= 15 is 0 Å². The number of carbonyl (C=O) groups is 2. The number of halogens is 1. The molecule has 0 saturated heterocycles. The van der Waals surface area contributed by atoms with Crippen molar-refractivity contribution in [2.45, 2.75) is 39.3 Å². The van der Waals surface area contributed by atoms with Crippen molar-refractivity contribution in [1.82, 2.24) is 0 Å². The fourth-order valence-electron chi connectivity index (χ4n) is 2.16. The molecule has 1 aliphatic rings. The first-order valence-corrected chi connectivity index (χ1v) is 6.54. The molecule has 0 saturated carbocycles. The van der Waals surface area contributed by atoms with Gasteiger partial charge in [0.15, 0.2) is 0 Å². The maximum atomic E-state index is 13.4. The van der Waals surface area contributed by atoms with Crippen molar-refractivity contribution in [3.63, 3.8) is 0 Å². The molecule has 1 aliphatic heterocycles. The van der Waals surface area contributed by atoms with Gasteiger partial charge in [0, 0.05) is 0 Å². The van der Waals surface area contributed by atoms with Gasteiger partial charge in [-0.05, 0) is 38.5 Å². The van der Waals surface area contributed by atoms with Crippen molar-refractivity contribution in [3.8, 4) is 0 Å². The van der Waals surface area contributed by atoms with Crippen LogP contribution >= 0.6 is 0 Å². The molecule has 108 valence electrons. The molecule has 1 aromatic carbocycles. The molecular weight excluding hydrogens is 263 g/mol. The number of anilines is 2. The maximum Gasteiger partial charge on any atom is 0.415 e. The Hall–Kier alpha value is -2.11. The van der Waals surface area contributed by atoms with Gasteiger partial charge in [0.1, 0.15) is 11.9 Å². The zero-order valence-electron chi connectivity index (χ0n) is 11.6. The third-order valence-electron chi connectivity index (χ3n) is 3.01. The van der Waals surface area contributed by atoms with Crippen LogP contribution in [-0.2, 0) is 9.53 Å². The zero-order chi connectivity index (χ0) is 14.9. The quantitative estimate of drug-likeness (QED) is 0.906. The van der Waals surface area contributed by atoms with Gasteiger partial charge in [-0.3, -0.25) is 9.69 Å². The van der Waals surface area contributed by atoms with E-state index in [4.69, 9.17) is 4.74 Å². The number of amides is 2. The van der Waals surface area contributed by atoms with E-state index in [0.29, 0.717) is 17.8 Å². The van der Waals surface area contributed by atoms with Crippen LogP contribution < -0.4 is 10.2 Å². The molecule has 20 heavy (non-hydrogen) atoms. The predicted octanol–water partition coefficient (Wildman–Crippen LogP) is 2.91. The highest BCUT2D eigenvalue weighted by molar-refractivity contribution is 6.10. The standard InChI is InChI=1S/C14H17FN2O3/c1-4-11-13(18)16-10-6-5-9(15)7-12(10)17(11)14(19)20-8(2)3/h5-8,11H,4H2,1-3H3,(H,16,18)/t11-/m1/s1. The molecule has 0 bridgehead atoms. The lowest BCUT2D eigenvalue weighted by atomic mass is 10.1. The van der Waals surface area contributed by atoms with Crippen LogP contribution in [0.4, 0.5) is 20.6 Å². The first-order valence-electron chi connectivity index (χ1n) is 6.54. The average molecular weight is 280 g/mol. The molecule has 0 spiro atoms. The lowest BCUT2D eigenvalue weighted by molar-refractivity contribution is -0.117. The van der Waals surface area contributed by atoms with Gasteiger partial charge in [0.25, 0.3) is 0 Å². The van der Waals surface area contributed by atoms with Gasteiger partial charge in [-0.1, -0.05) is 6.92 Å². The second kappa shape index (κ2) is 5.48. The molecule has 2 amide bonds. The number of fused-ring (bicyclic) bond motifs is 1. The minimum Gasteiger partial charge on any atom is -0.446 e. The Morgan fingerprint density at radius 3 is 2.80 bits per heavy atom. The van der Waals surface area contributed by atoms with Gasteiger partial charge >= 0.3 is 6.09 Å². The third kappa shape index (κ3) is 2.59. The summed E-state index contributed by atoms with van der Waals surface area (Å²) < 4.78 is 18.6. The molecule has 0 radical (unpaired) electrons. The molecule has 1 aromatic rings. The largest absolute Gasteiger partial charge is 0.446 e. The van der Waals surface area contributed by atoms with Crippen LogP contribution in [0.3, 0.4) is 0 Å². The molecule has 1 atom stereocenters. The fourth-order valence-corrected chi connectivity index (χ4v) is 2.16. The molecule has 0 unspecified atom stereocenters. The van der Waals surface area contributed by atoms with Crippen LogP contribution in [0, 0.1) is 5.82 Å². The van der Waals surface area contributed by atoms with Crippen molar-refractivity contribution in [3.05, 3.63) is 24.0 Å². The average Bonchev–Trinajstić information content (AvgIpc) is 2.36. The van der Waals surface area contributed by atoms with E-state index in [1.165, 1.54) is 23.1 Å². The summed E-state index contributed by atoms with van der Waals surface area (Å²) in [4.78, 5) is 25.4. The predicted molar refractivity (Wildman–Crippen MR) is 73.2 cm³/mol. The lowest BCUT2D eigenvalue weighted by Gasteiger charge is -2.35. The molecule has 0 fully saturated rings. The first kappa shape index (κ1) is 14.3. The van der Waals surface area contributed by atoms with Crippen LogP contribution in [-0.4, -0.2) is 24.1 Å². The molecule has 1 heterocycles. The summed E-state index contributed by atoms with van der Waals surface area (Å²) >= 11 is 0. The molecule has 0 aliphatic carbocycles. The lowest BCUT2D eigenvalue weighted by Crippen LogP contribution is -2.51. The van der Waals surface area contributed by atoms with Gasteiger partial charge < -0.3 is 10.1 Å². The van der Waals surface area contributed by atoms with E-state index < -0.39 is 18.0 Å². The number of hydrogen-bond acceptors (Lipinski definition) is 3. The molecular formula is C14H17FN2O3. The molecule has 2 rings (SSSR count). The fraction of sp³-hybridized carbons (Fsp3) is 0.429. The number of nitrogens with zero attached hydrogens (tertiary/aromatic N) is 1. The molecule has 5 nitrogen and oxygen atoms in total. The summed E-state index contributed by atoms with van der Waals surface area (Å²) in [6.07, 6.45) is -0.551. The minimum atomic E-state index is -0.699. The highest BCUT2D eigenvalue weighted by Crippen LogP contribution is 2.34. The summed E-state index contributed by atoms with van der Waals surface area (Å²) in [5, 5.41) is 2.67. The summed E-state index contributed by atoms with van der Waals surface area (Å²) in [6.45, 7) is 5.22. The molecule has 0 aromatic heterocycles. The number of nitrogens with one attached hydrogen (secondary N) is 1. The van der Waals surface area contributed by atoms with Crippen molar-refractivity contribution in [2.24, 2.45) is 0 Å². The highest BCUT2D eigenvalue weighted by atomic mass is 19.1. The number of benzene rings is 1. The van der Waals surface area contributed by atoms with Crippen LogP contribution in [0.1, 0.15) is 27.2 Å². The van der Waals surface area contributed by atoms with Crippen LogP contribution in [0.5, 0.6) is 0 Å². The zero-order valence-corrected chi connectivity index (χ0v) is 11.6. The Labute approximate surface area is 116 Å². The third-order valence-corrected chi connectivity index (χ3v) is 3.01. The minimum absolute atomic E-state index is 0.299. The van der Waals surface area contributed by atoms with Gasteiger partial charge in [-0.15, -0.1) is 0 Å². The highest BCUT2D eigenvalue weighted by Gasteiger charge is 2.37. The van der Waals surface area contributed by atoms with E-state index in [1.54, 1.807) is 20.8 Å². The summed E-state index contributed by atoms with van der Waals surface area (Å²) in [5.41, 5.74) is 0.726. The number of hydrogen-bond donors (Lipinski definition) is 1. The number of rotatable bonds is 2. The molecule has 6 heteroatoms. The second-order valence-corrected chi connectivity index (χ2v) is 4.88. The van der Waals surface area contributed by atoms with E-state index in [0.717, 1.165) is 0 Å². The summed E-state index contributed by atoms with van der Waals surface area (Å²) in [6, 6.07) is 3.19. The Balaban J connectivity index is 2.46. The van der Waals surface area contributed by atoms with Crippen molar-refractivity contribution in [1.29, 1.82) is 0 Å². The van der Waals surface area contributed by atoms with Crippen molar-refractivity contribution in [2.75, 3.05) is 10.2 Å². The smallest absolute Gasteiger partial charge is 0.415 e. The van der Waals surface area contributed by atoms with E-state index in [-0.39, 0.29) is 12.0 Å². The van der Waals surface area contributed by atoms with Gasteiger partial charge in [0.05, 0.1) is 17.5 Å². The van der Waals surface area contributed by atoms with E-state index in [1.807, 2.05) is 0 Å². The normalized spacial score (nSPS) is 17.8. The SMILES string of the molecule is CC[C@@H]1C(=O)Nc2ccc(F)cc2N1C(=O)OC(C)C. The van der Waals surface area contributed by atoms with Crippen molar-refractivity contribution >= 4 is 23.4 Å². The number of carbonyl (C=O) groups excluding carboxylic acids is 2. The topological polar surface area (TPSA) is 58.6 Å². The second-order valence-electron chi connectivity index (χ2n) is 4.88. The van der Waals surface area contributed by atoms with Gasteiger partial charge in [-0.2, -0.15) is 0 Å². The van der Waals surface area contributed by atoms with Gasteiger partial charge in [0.2, 0.25) is 5.91 Å². The monoisotopic (exact) mass is 280 g/mol. The summed E-state index contributed by atoms with van der Waals surface area (Å²) in [7, 11) is 0. The first-order chi connectivity index (χ1) is 9.43. The molecule has 1 N–H and O–H groups in total. The van der Waals surface area contributed by atoms with E-state index in [2.05, 4.69) is 5.32 Å². The Bertz CT molecular complexity index is 545. The Morgan fingerprint density at radius 2 is 2.20 bits per heavy atom. The van der Waals surface area contributed by atoms with Crippen LogP contribution in [0.15, 0.2) is 18.2 Å². The van der Waals surface area contributed by atoms with Crippen molar-refractivity contribution < 1.29 is 18.7 Å². The van der Waals surface area contributed by atoms with E-state index in [9.17, 15) is 14.0 Å². The van der Waals surface area contributed by atoms with Crippen LogP contribution in [0.2, 0.25) is 0 Å². The Morgan fingerprint density at radius 1 is 1.50 bits per heavy atom. The summed E-state index contributed by atoms with van der Waals surface area (Å²) in [5.74, 6) is -0.774.